The normalized spacial score (nSPS) is 11.5. The van der Waals surface area contributed by atoms with E-state index in [1.54, 1.807) is 0 Å². The van der Waals surface area contributed by atoms with Crippen molar-refractivity contribution in [3.63, 3.8) is 0 Å². The summed E-state index contributed by atoms with van der Waals surface area (Å²) < 4.78 is 0. The van der Waals surface area contributed by atoms with Gasteiger partial charge in [-0.25, -0.2) is 0 Å². The van der Waals surface area contributed by atoms with Crippen LogP contribution in [0.15, 0.2) is 29.2 Å². The quantitative estimate of drug-likeness (QED) is 0.348. The number of ketones is 1. The van der Waals surface area contributed by atoms with Gasteiger partial charge in [-0.15, -0.1) is 11.8 Å². The summed E-state index contributed by atoms with van der Waals surface area (Å²) in [6.45, 7) is 8.97. The van der Waals surface area contributed by atoms with E-state index in [0.717, 1.165) is 17.2 Å². The van der Waals surface area contributed by atoms with Gasteiger partial charge in [-0.05, 0) is 31.0 Å². The number of rotatable bonds is 10. The largest absolute Gasteiger partial charge is 0.330 e. The fourth-order valence-electron chi connectivity index (χ4n) is 2.10. The molecule has 1 aromatic rings. The lowest BCUT2D eigenvalue weighted by molar-refractivity contribution is 0.0985. The van der Waals surface area contributed by atoms with Crippen LogP contribution < -0.4 is 5.73 Å². The SMILES string of the molecule is CC.CCCCCC(C)CSc1cccc(C(=O)CCN)c1. The Morgan fingerprint density at radius 1 is 1.27 bits per heavy atom. The van der Waals surface area contributed by atoms with Gasteiger partial charge >= 0.3 is 0 Å². The minimum atomic E-state index is 0.144. The van der Waals surface area contributed by atoms with Crippen LogP contribution in [0.2, 0.25) is 0 Å². The third kappa shape index (κ3) is 9.26. The Labute approximate surface area is 141 Å². The molecule has 0 saturated carbocycles. The van der Waals surface area contributed by atoms with Crippen LogP contribution in [-0.4, -0.2) is 18.1 Å². The van der Waals surface area contributed by atoms with E-state index < -0.39 is 0 Å². The number of thioether (sulfide) groups is 1. The van der Waals surface area contributed by atoms with Crippen LogP contribution in [0.3, 0.4) is 0 Å². The van der Waals surface area contributed by atoms with Crippen LogP contribution >= 0.6 is 11.8 Å². The molecule has 3 heteroatoms. The van der Waals surface area contributed by atoms with E-state index in [1.807, 2.05) is 43.8 Å². The number of nitrogens with two attached hydrogens (primary N) is 1. The molecule has 0 aliphatic carbocycles. The molecule has 0 bridgehead atoms. The van der Waals surface area contributed by atoms with E-state index in [0.29, 0.717) is 13.0 Å². The maximum absolute atomic E-state index is 11.8. The Hall–Kier alpha value is -0.800. The smallest absolute Gasteiger partial charge is 0.164 e. The summed E-state index contributed by atoms with van der Waals surface area (Å²) in [7, 11) is 0. The molecule has 1 atom stereocenters. The van der Waals surface area contributed by atoms with Crippen molar-refractivity contribution in [1.29, 1.82) is 0 Å². The van der Waals surface area contributed by atoms with Crippen molar-refractivity contribution in [2.45, 2.75) is 64.7 Å². The predicted molar refractivity (Wildman–Crippen MR) is 99.8 cm³/mol. The first kappa shape index (κ1) is 21.2. The maximum Gasteiger partial charge on any atom is 0.164 e. The first-order valence-electron chi connectivity index (χ1n) is 8.63. The van der Waals surface area contributed by atoms with Crippen molar-refractivity contribution in [3.8, 4) is 0 Å². The van der Waals surface area contributed by atoms with Gasteiger partial charge in [0, 0.05) is 22.6 Å². The molecule has 1 aromatic carbocycles. The van der Waals surface area contributed by atoms with E-state index in [2.05, 4.69) is 19.9 Å². The van der Waals surface area contributed by atoms with Crippen LogP contribution in [0, 0.1) is 5.92 Å². The third-order valence-electron chi connectivity index (χ3n) is 3.36. The van der Waals surface area contributed by atoms with Gasteiger partial charge in [-0.2, -0.15) is 0 Å². The zero-order valence-corrected chi connectivity index (χ0v) is 15.5. The standard InChI is InChI=1S/C17H27NOS.C2H6/c1-3-4-5-7-14(2)13-20-16-9-6-8-15(12-16)17(19)10-11-18;1-2/h6,8-9,12,14H,3-5,7,10-11,13,18H2,1-2H3;1-2H3. The van der Waals surface area contributed by atoms with Gasteiger partial charge in [-0.1, -0.05) is 59.1 Å². The van der Waals surface area contributed by atoms with E-state index >= 15 is 0 Å². The Bertz CT molecular complexity index is 406. The van der Waals surface area contributed by atoms with Gasteiger partial charge < -0.3 is 5.73 Å². The van der Waals surface area contributed by atoms with E-state index in [1.165, 1.54) is 30.6 Å². The summed E-state index contributed by atoms with van der Waals surface area (Å²) in [5, 5.41) is 0. The number of hydrogen-bond acceptors (Lipinski definition) is 3. The minimum Gasteiger partial charge on any atom is -0.330 e. The first-order chi connectivity index (χ1) is 10.7. The molecule has 0 fully saturated rings. The molecule has 0 saturated heterocycles. The molecule has 1 unspecified atom stereocenters. The molecule has 2 nitrogen and oxygen atoms in total. The molecule has 0 amide bonds. The Morgan fingerprint density at radius 3 is 2.64 bits per heavy atom. The maximum atomic E-state index is 11.8. The zero-order chi connectivity index (χ0) is 16.8. The molecular weight excluding hydrogens is 290 g/mol. The highest BCUT2D eigenvalue weighted by molar-refractivity contribution is 7.99. The fourth-order valence-corrected chi connectivity index (χ4v) is 3.13. The molecule has 0 radical (unpaired) electrons. The van der Waals surface area contributed by atoms with Gasteiger partial charge in [0.2, 0.25) is 0 Å². The second-order valence-corrected chi connectivity index (χ2v) is 6.50. The monoisotopic (exact) mass is 323 g/mol. The van der Waals surface area contributed by atoms with E-state index in [-0.39, 0.29) is 5.78 Å². The van der Waals surface area contributed by atoms with Gasteiger partial charge in [0.1, 0.15) is 0 Å². The molecule has 22 heavy (non-hydrogen) atoms. The highest BCUT2D eigenvalue weighted by Crippen LogP contribution is 2.24. The molecule has 0 aliphatic rings. The second-order valence-electron chi connectivity index (χ2n) is 5.40. The van der Waals surface area contributed by atoms with Crippen molar-refractivity contribution in [2.24, 2.45) is 11.7 Å². The fraction of sp³-hybridized carbons (Fsp3) is 0.632. The van der Waals surface area contributed by atoms with Gasteiger partial charge in [0.15, 0.2) is 5.78 Å². The summed E-state index contributed by atoms with van der Waals surface area (Å²) in [5.41, 5.74) is 6.23. The molecule has 2 N–H and O–H groups in total. The highest BCUT2D eigenvalue weighted by atomic mass is 32.2. The number of carbonyl (C=O) groups excluding carboxylic acids is 1. The van der Waals surface area contributed by atoms with Crippen molar-refractivity contribution in [1.82, 2.24) is 0 Å². The van der Waals surface area contributed by atoms with Crippen LogP contribution in [0.25, 0.3) is 0 Å². The topological polar surface area (TPSA) is 43.1 Å². The number of carbonyl (C=O) groups is 1. The number of Topliss-reactive ketones (excluding diaryl/α,β-unsaturated/α-hetero) is 1. The number of unbranched alkanes of at least 4 members (excludes halogenated alkanes) is 2. The second kappa shape index (κ2) is 13.8. The molecule has 0 spiro atoms. The summed E-state index contributed by atoms with van der Waals surface area (Å²) >= 11 is 1.85. The number of hydrogen-bond donors (Lipinski definition) is 1. The Morgan fingerprint density at radius 2 is 2.00 bits per heavy atom. The molecule has 0 aromatic heterocycles. The van der Waals surface area contributed by atoms with Crippen LogP contribution in [-0.2, 0) is 0 Å². The van der Waals surface area contributed by atoms with Crippen molar-refractivity contribution in [3.05, 3.63) is 29.8 Å². The molecule has 0 heterocycles. The first-order valence-corrected chi connectivity index (χ1v) is 9.62. The van der Waals surface area contributed by atoms with Crippen molar-refractivity contribution < 1.29 is 4.79 Å². The summed E-state index contributed by atoms with van der Waals surface area (Å²) in [4.78, 5) is 13.0. The van der Waals surface area contributed by atoms with Crippen LogP contribution in [0.5, 0.6) is 0 Å². The molecular formula is C19H33NOS. The van der Waals surface area contributed by atoms with Crippen molar-refractivity contribution in [2.75, 3.05) is 12.3 Å². The Kier molecular flexibility index (Phi) is 13.3. The third-order valence-corrected chi connectivity index (χ3v) is 4.69. The molecule has 0 aliphatic heterocycles. The van der Waals surface area contributed by atoms with E-state index in [4.69, 9.17) is 5.73 Å². The summed E-state index contributed by atoms with van der Waals surface area (Å²) in [5.74, 6) is 2.00. The predicted octanol–water partition coefficient (Wildman–Crippen LogP) is 5.55. The lowest BCUT2D eigenvalue weighted by Crippen LogP contribution is -2.08. The van der Waals surface area contributed by atoms with Gasteiger partial charge in [0.25, 0.3) is 0 Å². The number of benzene rings is 1. The summed E-state index contributed by atoms with van der Waals surface area (Å²) in [6.07, 6.45) is 5.67. The van der Waals surface area contributed by atoms with Gasteiger partial charge in [-0.3, -0.25) is 4.79 Å². The van der Waals surface area contributed by atoms with Crippen LogP contribution in [0.1, 0.15) is 70.2 Å². The molecule has 126 valence electrons. The zero-order valence-electron chi connectivity index (χ0n) is 14.7. The van der Waals surface area contributed by atoms with Gasteiger partial charge in [0.05, 0.1) is 0 Å². The average molecular weight is 324 g/mol. The minimum absolute atomic E-state index is 0.144. The average Bonchev–Trinajstić information content (AvgIpc) is 2.55. The lowest BCUT2D eigenvalue weighted by Gasteiger charge is -2.11. The molecule has 1 rings (SSSR count). The van der Waals surface area contributed by atoms with E-state index in [9.17, 15) is 4.79 Å². The highest BCUT2D eigenvalue weighted by Gasteiger charge is 2.07. The Balaban J connectivity index is 0.00000211. The lowest BCUT2D eigenvalue weighted by atomic mass is 10.1. The summed E-state index contributed by atoms with van der Waals surface area (Å²) in [6, 6.07) is 7.94. The van der Waals surface area contributed by atoms with Crippen molar-refractivity contribution >= 4 is 17.5 Å². The van der Waals surface area contributed by atoms with Crippen LogP contribution in [0.4, 0.5) is 0 Å².